The molecule has 1 heteroatoms. The fourth-order valence-corrected chi connectivity index (χ4v) is 4.01. The first-order valence-electron chi connectivity index (χ1n) is 9.90. The summed E-state index contributed by atoms with van der Waals surface area (Å²) in [5.41, 5.74) is 3.62. The normalized spacial score (nSPS) is 13.0. The van der Waals surface area contributed by atoms with Gasteiger partial charge >= 0.3 is 0 Å². The Labute approximate surface area is 154 Å². The van der Waals surface area contributed by atoms with Crippen LogP contribution in [0.4, 0.5) is 0 Å². The first-order chi connectivity index (χ1) is 12.0. The third-order valence-corrected chi connectivity index (χ3v) is 5.44. The van der Waals surface area contributed by atoms with Crippen LogP contribution >= 0.6 is 0 Å². The first-order valence-corrected chi connectivity index (χ1v) is 9.90. The highest BCUT2D eigenvalue weighted by Crippen LogP contribution is 2.41. The highest BCUT2D eigenvalue weighted by molar-refractivity contribution is 5.48. The lowest BCUT2D eigenvalue weighted by Crippen LogP contribution is -2.22. The summed E-state index contributed by atoms with van der Waals surface area (Å²) in [4.78, 5) is 0. The maximum atomic E-state index is 10.4. The Morgan fingerprint density at radius 3 is 2.08 bits per heavy atom. The minimum absolute atomic E-state index is 0.210. The Kier molecular flexibility index (Phi) is 7.11. The highest BCUT2D eigenvalue weighted by atomic mass is 16.3. The van der Waals surface area contributed by atoms with Gasteiger partial charge in [0.25, 0.3) is 0 Å². The SMILES string of the molecule is CCCCCC(CCC)c1ccccc1C(C)(C)c1ccccc1O. The molecule has 1 unspecified atom stereocenters. The van der Waals surface area contributed by atoms with Crippen LogP contribution in [-0.4, -0.2) is 5.11 Å². The van der Waals surface area contributed by atoms with Crippen LogP contribution in [0.2, 0.25) is 0 Å². The van der Waals surface area contributed by atoms with Gasteiger partial charge in [-0.15, -0.1) is 0 Å². The summed E-state index contributed by atoms with van der Waals surface area (Å²) in [6.07, 6.45) is 7.58. The Morgan fingerprint density at radius 2 is 1.44 bits per heavy atom. The van der Waals surface area contributed by atoms with Crippen LogP contribution in [0.1, 0.15) is 88.8 Å². The molecule has 2 aromatic carbocycles. The third kappa shape index (κ3) is 4.66. The minimum atomic E-state index is -0.210. The fourth-order valence-electron chi connectivity index (χ4n) is 4.01. The van der Waals surface area contributed by atoms with Gasteiger partial charge in [0.15, 0.2) is 0 Å². The van der Waals surface area contributed by atoms with Gasteiger partial charge in [0.2, 0.25) is 0 Å². The van der Waals surface area contributed by atoms with E-state index in [-0.39, 0.29) is 5.41 Å². The second-order valence-corrected chi connectivity index (χ2v) is 7.71. The van der Waals surface area contributed by atoms with Crippen molar-refractivity contribution in [2.24, 2.45) is 0 Å². The zero-order chi connectivity index (χ0) is 18.3. The van der Waals surface area contributed by atoms with E-state index in [0.717, 1.165) is 5.56 Å². The van der Waals surface area contributed by atoms with E-state index in [0.29, 0.717) is 11.7 Å². The zero-order valence-corrected chi connectivity index (χ0v) is 16.4. The molecule has 0 saturated carbocycles. The molecule has 0 bridgehead atoms. The number of aromatic hydroxyl groups is 1. The van der Waals surface area contributed by atoms with Crippen LogP contribution in [0.25, 0.3) is 0 Å². The van der Waals surface area contributed by atoms with Crippen molar-refractivity contribution in [2.75, 3.05) is 0 Å². The van der Waals surface area contributed by atoms with Crippen LogP contribution < -0.4 is 0 Å². The molecule has 0 aliphatic carbocycles. The maximum Gasteiger partial charge on any atom is 0.119 e. The van der Waals surface area contributed by atoms with Crippen molar-refractivity contribution < 1.29 is 5.11 Å². The molecule has 2 aromatic rings. The number of phenols is 1. The van der Waals surface area contributed by atoms with Gasteiger partial charge in [-0.05, 0) is 36.0 Å². The van der Waals surface area contributed by atoms with Gasteiger partial charge in [-0.25, -0.2) is 0 Å². The van der Waals surface area contributed by atoms with Gasteiger partial charge in [0, 0.05) is 11.0 Å². The number of hydrogen-bond donors (Lipinski definition) is 1. The lowest BCUT2D eigenvalue weighted by atomic mass is 9.72. The molecule has 0 aliphatic rings. The molecule has 0 heterocycles. The zero-order valence-electron chi connectivity index (χ0n) is 16.4. The van der Waals surface area contributed by atoms with Crippen LogP contribution in [0.5, 0.6) is 5.75 Å². The molecule has 0 amide bonds. The van der Waals surface area contributed by atoms with E-state index in [1.165, 1.54) is 49.7 Å². The van der Waals surface area contributed by atoms with Crippen LogP contribution in [-0.2, 0) is 5.41 Å². The lowest BCUT2D eigenvalue weighted by molar-refractivity contribution is 0.450. The second kappa shape index (κ2) is 9.08. The summed E-state index contributed by atoms with van der Waals surface area (Å²) < 4.78 is 0. The summed E-state index contributed by atoms with van der Waals surface area (Å²) in [7, 11) is 0. The van der Waals surface area contributed by atoms with Crippen molar-refractivity contribution in [3.8, 4) is 5.75 Å². The van der Waals surface area contributed by atoms with E-state index < -0.39 is 0 Å². The molecule has 1 N–H and O–H groups in total. The predicted molar refractivity (Wildman–Crippen MR) is 108 cm³/mol. The molecule has 0 saturated heterocycles. The molecule has 1 nitrogen and oxygen atoms in total. The molecule has 2 rings (SSSR count). The van der Waals surface area contributed by atoms with E-state index in [4.69, 9.17) is 0 Å². The van der Waals surface area contributed by atoms with Gasteiger partial charge in [-0.1, -0.05) is 95.8 Å². The predicted octanol–water partition coefficient (Wildman–Crippen LogP) is 7.18. The molecule has 0 radical (unpaired) electrons. The minimum Gasteiger partial charge on any atom is -0.508 e. The average molecular weight is 339 g/mol. The summed E-state index contributed by atoms with van der Waals surface area (Å²) in [5.74, 6) is 0.998. The van der Waals surface area contributed by atoms with Crippen molar-refractivity contribution in [3.05, 3.63) is 65.2 Å². The Balaban J connectivity index is 2.43. The van der Waals surface area contributed by atoms with E-state index in [9.17, 15) is 5.11 Å². The van der Waals surface area contributed by atoms with Gasteiger partial charge in [0.1, 0.15) is 5.75 Å². The molecule has 0 aliphatic heterocycles. The monoisotopic (exact) mass is 338 g/mol. The van der Waals surface area contributed by atoms with Gasteiger partial charge < -0.3 is 5.11 Å². The largest absolute Gasteiger partial charge is 0.508 e. The van der Waals surface area contributed by atoms with Crippen LogP contribution in [0, 0.1) is 0 Å². The molecule has 136 valence electrons. The summed E-state index contributed by atoms with van der Waals surface area (Å²) in [5, 5.41) is 10.4. The Bertz CT molecular complexity index is 657. The highest BCUT2D eigenvalue weighted by Gasteiger charge is 2.29. The summed E-state index contributed by atoms with van der Waals surface area (Å²) in [6, 6.07) is 16.6. The number of phenolic OH excluding ortho intramolecular Hbond substituents is 1. The lowest BCUT2D eigenvalue weighted by Gasteiger charge is -2.32. The number of hydrogen-bond acceptors (Lipinski definition) is 1. The molecule has 25 heavy (non-hydrogen) atoms. The van der Waals surface area contributed by atoms with Crippen molar-refractivity contribution in [3.63, 3.8) is 0 Å². The van der Waals surface area contributed by atoms with E-state index in [1.807, 2.05) is 12.1 Å². The van der Waals surface area contributed by atoms with Gasteiger partial charge in [-0.3, -0.25) is 0 Å². The molecule has 0 aromatic heterocycles. The van der Waals surface area contributed by atoms with E-state index in [2.05, 4.69) is 58.0 Å². The molecular weight excluding hydrogens is 304 g/mol. The average Bonchev–Trinajstić information content (AvgIpc) is 2.61. The van der Waals surface area contributed by atoms with Gasteiger partial charge in [-0.2, -0.15) is 0 Å². The summed E-state index contributed by atoms with van der Waals surface area (Å²) >= 11 is 0. The number of unbranched alkanes of at least 4 members (excludes halogenated alkanes) is 2. The topological polar surface area (TPSA) is 20.2 Å². The maximum absolute atomic E-state index is 10.4. The van der Waals surface area contributed by atoms with Gasteiger partial charge in [0.05, 0.1) is 0 Å². The standard InChI is InChI=1S/C24H34O/c1-5-7-8-14-19(13-6-2)20-15-9-10-16-21(20)24(3,4)22-17-11-12-18-23(22)25/h9-12,15-19,25H,5-8,13-14H2,1-4H3. The molecule has 0 spiro atoms. The van der Waals surface area contributed by atoms with Crippen LogP contribution in [0.3, 0.4) is 0 Å². The van der Waals surface area contributed by atoms with Crippen LogP contribution in [0.15, 0.2) is 48.5 Å². The Hall–Kier alpha value is -1.76. The molecule has 1 atom stereocenters. The smallest absolute Gasteiger partial charge is 0.119 e. The third-order valence-electron chi connectivity index (χ3n) is 5.44. The second-order valence-electron chi connectivity index (χ2n) is 7.71. The van der Waals surface area contributed by atoms with Crippen molar-refractivity contribution in [1.29, 1.82) is 0 Å². The molecular formula is C24H34O. The fraction of sp³-hybridized carbons (Fsp3) is 0.500. The summed E-state index contributed by atoms with van der Waals surface area (Å²) in [6.45, 7) is 9.01. The quantitative estimate of drug-likeness (QED) is 0.480. The van der Waals surface area contributed by atoms with Crippen molar-refractivity contribution in [2.45, 2.75) is 77.6 Å². The first kappa shape index (κ1) is 19.6. The number of benzene rings is 2. The van der Waals surface area contributed by atoms with E-state index in [1.54, 1.807) is 6.07 Å². The van der Waals surface area contributed by atoms with Crippen molar-refractivity contribution in [1.82, 2.24) is 0 Å². The number of rotatable bonds is 9. The van der Waals surface area contributed by atoms with E-state index >= 15 is 0 Å². The number of para-hydroxylation sites is 1. The van der Waals surface area contributed by atoms with Crippen molar-refractivity contribution >= 4 is 0 Å². The molecule has 0 fully saturated rings. The Morgan fingerprint density at radius 1 is 0.800 bits per heavy atom.